The molecule has 0 atom stereocenters. The molecule has 0 saturated carbocycles. The predicted octanol–water partition coefficient (Wildman–Crippen LogP) is 7.43. The summed E-state index contributed by atoms with van der Waals surface area (Å²) in [4.78, 5) is 0. The smallest absolute Gasteiger partial charge is 0.0146 e. The van der Waals surface area contributed by atoms with Gasteiger partial charge in [0.1, 0.15) is 0 Å². The number of fused-ring (bicyclic) bond motifs is 1. The molecular weight excluding hydrogens is 288 g/mol. The predicted molar refractivity (Wildman–Crippen MR) is 109 cm³/mol. The first-order chi connectivity index (χ1) is 11.8. The average molecular weight is 325 g/mol. The Hall–Kier alpha value is -1.30. The van der Waals surface area contributed by atoms with Crippen molar-refractivity contribution >= 4 is 10.8 Å². The van der Waals surface area contributed by atoms with Gasteiger partial charge in [0, 0.05) is 0 Å². The van der Waals surface area contributed by atoms with Gasteiger partial charge in [0.15, 0.2) is 0 Å². The molecule has 0 N–H and O–H groups in total. The van der Waals surface area contributed by atoms with E-state index < -0.39 is 0 Å². The SMILES string of the molecule is CCCCc1c(CCC)c(CCC)c2ccccc2c1CCCC. The molecule has 2 rings (SSSR count). The van der Waals surface area contributed by atoms with Crippen LogP contribution in [0.15, 0.2) is 24.3 Å². The Balaban J connectivity index is 2.73. The molecule has 0 saturated heterocycles. The summed E-state index contributed by atoms with van der Waals surface area (Å²) in [6.45, 7) is 9.28. The van der Waals surface area contributed by atoms with Crippen LogP contribution in [0.3, 0.4) is 0 Å². The van der Waals surface area contributed by atoms with Gasteiger partial charge in [0.25, 0.3) is 0 Å². The van der Waals surface area contributed by atoms with Gasteiger partial charge in [-0.2, -0.15) is 0 Å². The topological polar surface area (TPSA) is 0 Å². The lowest BCUT2D eigenvalue weighted by molar-refractivity contribution is 0.745. The van der Waals surface area contributed by atoms with Crippen molar-refractivity contribution in [2.75, 3.05) is 0 Å². The third-order valence-electron chi connectivity index (χ3n) is 5.23. The molecule has 0 unspecified atom stereocenters. The molecule has 0 aliphatic carbocycles. The quantitative estimate of drug-likeness (QED) is 0.426. The maximum absolute atomic E-state index is 2.38. The summed E-state index contributed by atoms with van der Waals surface area (Å²) < 4.78 is 0. The molecule has 0 radical (unpaired) electrons. The lowest BCUT2D eigenvalue weighted by Crippen LogP contribution is -2.07. The minimum absolute atomic E-state index is 1.23. The van der Waals surface area contributed by atoms with Crippen LogP contribution in [0.25, 0.3) is 10.8 Å². The molecule has 0 bridgehead atoms. The van der Waals surface area contributed by atoms with Crippen LogP contribution in [0, 0.1) is 0 Å². The zero-order valence-electron chi connectivity index (χ0n) is 16.4. The van der Waals surface area contributed by atoms with E-state index in [1.807, 2.05) is 0 Å². The Bertz CT molecular complexity index is 636. The van der Waals surface area contributed by atoms with Crippen LogP contribution in [0.4, 0.5) is 0 Å². The molecule has 24 heavy (non-hydrogen) atoms. The maximum atomic E-state index is 2.38. The van der Waals surface area contributed by atoms with Gasteiger partial charge < -0.3 is 0 Å². The Morgan fingerprint density at radius 3 is 1.42 bits per heavy atom. The summed E-state index contributed by atoms with van der Waals surface area (Å²) in [6, 6.07) is 9.21. The number of unbranched alkanes of at least 4 members (excludes halogenated alkanes) is 2. The van der Waals surface area contributed by atoms with Gasteiger partial charge in [-0.3, -0.25) is 0 Å². The van der Waals surface area contributed by atoms with E-state index in [2.05, 4.69) is 52.0 Å². The normalized spacial score (nSPS) is 11.3. The summed E-state index contributed by atoms with van der Waals surface area (Å²) in [5, 5.41) is 3.08. The Morgan fingerprint density at radius 1 is 0.500 bits per heavy atom. The fourth-order valence-electron chi connectivity index (χ4n) is 4.08. The standard InChI is InChI=1S/C24H36/c1-5-9-15-21-19(13-7-3)20(14-8-4)23-17-11-12-18-24(23)22(21)16-10-6-2/h11-12,17-18H,5-10,13-16H2,1-4H3. The van der Waals surface area contributed by atoms with Crippen LogP contribution in [-0.2, 0) is 25.7 Å². The number of benzene rings is 2. The molecule has 0 nitrogen and oxygen atoms in total. The average Bonchev–Trinajstić information content (AvgIpc) is 2.61. The Labute approximate surface area is 149 Å². The number of hydrogen-bond donors (Lipinski definition) is 0. The van der Waals surface area contributed by atoms with E-state index in [1.165, 1.54) is 69.6 Å². The van der Waals surface area contributed by atoms with E-state index >= 15 is 0 Å². The molecule has 132 valence electrons. The molecule has 2 aromatic rings. The molecule has 0 heteroatoms. The minimum Gasteiger partial charge on any atom is -0.0654 e. The van der Waals surface area contributed by atoms with Crippen molar-refractivity contribution in [1.29, 1.82) is 0 Å². The molecule has 2 aromatic carbocycles. The second-order valence-electron chi connectivity index (χ2n) is 7.17. The van der Waals surface area contributed by atoms with Gasteiger partial charge in [-0.25, -0.2) is 0 Å². The van der Waals surface area contributed by atoms with E-state index in [0.29, 0.717) is 0 Å². The van der Waals surface area contributed by atoms with Gasteiger partial charge >= 0.3 is 0 Å². The summed E-state index contributed by atoms with van der Waals surface area (Å²) in [5.41, 5.74) is 6.75. The lowest BCUT2D eigenvalue weighted by atomic mass is 9.82. The second kappa shape index (κ2) is 9.87. The van der Waals surface area contributed by atoms with Crippen molar-refractivity contribution in [2.24, 2.45) is 0 Å². The highest BCUT2D eigenvalue weighted by atomic mass is 14.2. The van der Waals surface area contributed by atoms with Gasteiger partial charge in [-0.1, -0.05) is 77.6 Å². The summed E-state index contributed by atoms with van der Waals surface area (Å²) in [5.74, 6) is 0. The largest absolute Gasteiger partial charge is 0.0654 e. The lowest BCUT2D eigenvalue weighted by Gasteiger charge is -2.23. The zero-order valence-corrected chi connectivity index (χ0v) is 16.4. The zero-order chi connectivity index (χ0) is 17.4. The van der Waals surface area contributed by atoms with Gasteiger partial charge in [0.2, 0.25) is 0 Å². The maximum Gasteiger partial charge on any atom is -0.0146 e. The van der Waals surface area contributed by atoms with Crippen molar-refractivity contribution in [3.05, 3.63) is 46.5 Å². The van der Waals surface area contributed by atoms with Gasteiger partial charge in [-0.15, -0.1) is 0 Å². The van der Waals surface area contributed by atoms with Crippen molar-refractivity contribution < 1.29 is 0 Å². The molecule has 0 aromatic heterocycles. The molecular formula is C24H36. The summed E-state index contributed by atoms with van der Waals surface area (Å²) in [6.07, 6.45) is 12.7. The molecule has 0 aliphatic heterocycles. The first-order valence-corrected chi connectivity index (χ1v) is 10.3. The van der Waals surface area contributed by atoms with E-state index in [9.17, 15) is 0 Å². The molecule has 0 spiro atoms. The van der Waals surface area contributed by atoms with Crippen molar-refractivity contribution in [3.8, 4) is 0 Å². The van der Waals surface area contributed by atoms with E-state index in [-0.39, 0.29) is 0 Å². The van der Waals surface area contributed by atoms with Crippen LogP contribution < -0.4 is 0 Å². The first kappa shape index (κ1) is 19.0. The number of rotatable bonds is 10. The fourth-order valence-corrected chi connectivity index (χ4v) is 4.08. The van der Waals surface area contributed by atoms with Crippen molar-refractivity contribution in [1.82, 2.24) is 0 Å². The summed E-state index contributed by atoms with van der Waals surface area (Å²) in [7, 11) is 0. The van der Waals surface area contributed by atoms with Crippen molar-refractivity contribution in [3.63, 3.8) is 0 Å². The first-order valence-electron chi connectivity index (χ1n) is 10.3. The van der Waals surface area contributed by atoms with Crippen LogP contribution in [0.2, 0.25) is 0 Å². The van der Waals surface area contributed by atoms with Gasteiger partial charge in [-0.05, 0) is 71.6 Å². The second-order valence-corrected chi connectivity index (χ2v) is 7.17. The third kappa shape index (κ3) is 4.21. The highest BCUT2D eigenvalue weighted by Gasteiger charge is 2.17. The highest BCUT2D eigenvalue weighted by molar-refractivity contribution is 5.91. The van der Waals surface area contributed by atoms with Crippen LogP contribution in [0.1, 0.15) is 88.5 Å². The summed E-state index contributed by atoms with van der Waals surface area (Å²) >= 11 is 0. The Morgan fingerprint density at radius 2 is 0.917 bits per heavy atom. The van der Waals surface area contributed by atoms with E-state index in [4.69, 9.17) is 0 Å². The van der Waals surface area contributed by atoms with E-state index in [0.717, 1.165) is 0 Å². The van der Waals surface area contributed by atoms with Crippen LogP contribution in [0.5, 0.6) is 0 Å². The van der Waals surface area contributed by atoms with Gasteiger partial charge in [0.05, 0.1) is 0 Å². The molecule has 0 heterocycles. The molecule has 0 amide bonds. The monoisotopic (exact) mass is 324 g/mol. The Kier molecular flexibility index (Phi) is 7.82. The molecule has 0 aliphatic rings. The highest BCUT2D eigenvalue weighted by Crippen LogP contribution is 2.34. The third-order valence-corrected chi connectivity index (χ3v) is 5.23. The van der Waals surface area contributed by atoms with E-state index in [1.54, 1.807) is 27.6 Å². The number of aryl methyl sites for hydroxylation is 2. The van der Waals surface area contributed by atoms with Crippen LogP contribution >= 0.6 is 0 Å². The molecule has 0 fully saturated rings. The minimum atomic E-state index is 1.23. The van der Waals surface area contributed by atoms with Crippen molar-refractivity contribution in [2.45, 2.75) is 91.9 Å². The number of hydrogen-bond acceptors (Lipinski definition) is 0. The fraction of sp³-hybridized carbons (Fsp3) is 0.583. The van der Waals surface area contributed by atoms with Crippen LogP contribution in [-0.4, -0.2) is 0 Å².